The Hall–Kier alpha value is -1.92. The molecule has 3 aromatic carbocycles. The van der Waals surface area contributed by atoms with E-state index < -0.39 is 25.4 Å². The maximum atomic E-state index is 12.8. The predicted molar refractivity (Wildman–Crippen MR) is 114 cm³/mol. The molecule has 0 saturated heterocycles. The van der Waals surface area contributed by atoms with Crippen LogP contribution in [-0.2, 0) is 4.79 Å². The average molecular weight is 543 g/mol. The van der Waals surface area contributed by atoms with Gasteiger partial charge in [0.05, 0.1) is 12.2 Å². The number of nitrogens with one attached hydrogen (secondary N) is 1. The molecule has 0 unspecified atom stereocenters. The highest BCUT2D eigenvalue weighted by molar-refractivity contribution is 7.95. The van der Waals surface area contributed by atoms with E-state index in [1.807, 2.05) is 91.0 Å². The van der Waals surface area contributed by atoms with Crippen molar-refractivity contribution in [3.63, 3.8) is 0 Å². The summed E-state index contributed by atoms with van der Waals surface area (Å²) < 4.78 is 38.4. The fourth-order valence-electron chi connectivity index (χ4n) is 3.57. The van der Waals surface area contributed by atoms with Gasteiger partial charge in [0.2, 0.25) is 0 Å². The summed E-state index contributed by atoms with van der Waals surface area (Å²) in [6, 6.07) is 28.8. The van der Waals surface area contributed by atoms with Gasteiger partial charge in [0.1, 0.15) is 23.2 Å². The van der Waals surface area contributed by atoms with E-state index in [0.29, 0.717) is 6.16 Å². The highest BCUT2D eigenvalue weighted by atomic mass is 127. The lowest BCUT2D eigenvalue weighted by Gasteiger charge is -2.30. The van der Waals surface area contributed by atoms with Gasteiger partial charge in [0.15, 0.2) is 0 Å². The van der Waals surface area contributed by atoms with Crippen molar-refractivity contribution in [2.45, 2.75) is 19.1 Å². The zero-order valence-electron chi connectivity index (χ0n) is 16.3. The number of halogens is 4. The van der Waals surface area contributed by atoms with Crippen LogP contribution in [0, 0.1) is 0 Å². The van der Waals surface area contributed by atoms with Crippen LogP contribution in [0.1, 0.15) is 6.92 Å². The van der Waals surface area contributed by atoms with Gasteiger partial charge < -0.3 is 29.3 Å². The van der Waals surface area contributed by atoms with Crippen LogP contribution in [0.2, 0.25) is 0 Å². The normalized spacial score (nSPS) is 12.5. The minimum Gasteiger partial charge on any atom is -1.00 e. The molecule has 0 saturated carbocycles. The Bertz CT molecular complexity index is 840. The molecule has 0 aliphatic carbocycles. The number of carbonyl (C=O) groups is 1. The van der Waals surface area contributed by atoms with Crippen molar-refractivity contribution in [2.24, 2.45) is 0 Å². The van der Waals surface area contributed by atoms with Gasteiger partial charge in [-0.3, -0.25) is 4.79 Å². The molecule has 2 nitrogen and oxygen atoms in total. The van der Waals surface area contributed by atoms with Gasteiger partial charge in [-0.15, -0.1) is 0 Å². The van der Waals surface area contributed by atoms with E-state index in [-0.39, 0.29) is 24.0 Å². The lowest BCUT2D eigenvalue weighted by Crippen LogP contribution is -3.00. The molecule has 0 bridgehead atoms. The van der Waals surface area contributed by atoms with Crippen molar-refractivity contribution in [3.05, 3.63) is 91.0 Å². The number of amides is 1. The summed E-state index contributed by atoms with van der Waals surface area (Å²) >= 11 is 0. The van der Waals surface area contributed by atoms with Crippen molar-refractivity contribution in [2.75, 3.05) is 6.16 Å². The third-order valence-electron chi connectivity index (χ3n) is 4.77. The number of alkyl halides is 3. The second-order valence-electron chi connectivity index (χ2n) is 6.87. The molecule has 30 heavy (non-hydrogen) atoms. The standard InChI is InChI=1S/C23H21F3NOP.HI/c1-18(27-22(28)23(24,25)26)17-29(19-11-5-2-6-12-19,20-13-7-3-8-14-20)21-15-9-4-10-16-21;/h2-16,18H,17H2,1H3;1H/t18-;/m1./s1. The van der Waals surface area contributed by atoms with Gasteiger partial charge in [-0.05, 0) is 43.3 Å². The Morgan fingerprint density at radius 1 is 0.800 bits per heavy atom. The van der Waals surface area contributed by atoms with E-state index in [9.17, 15) is 18.0 Å². The molecule has 3 aromatic rings. The van der Waals surface area contributed by atoms with Crippen LogP contribution < -0.4 is 45.2 Å². The minimum atomic E-state index is -4.90. The van der Waals surface area contributed by atoms with E-state index in [2.05, 4.69) is 5.32 Å². The molecule has 0 aliphatic rings. The van der Waals surface area contributed by atoms with E-state index in [1.54, 1.807) is 6.92 Å². The van der Waals surface area contributed by atoms with Gasteiger partial charge in [0, 0.05) is 0 Å². The summed E-state index contributed by atoms with van der Waals surface area (Å²) in [5.74, 6) is -1.91. The molecule has 0 aliphatic heterocycles. The highest BCUT2D eigenvalue weighted by Gasteiger charge is 2.47. The van der Waals surface area contributed by atoms with Crippen molar-refractivity contribution in [1.82, 2.24) is 5.32 Å². The molecule has 0 spiro atoms. The fourth-order valence-corrected chi connectivity index (χ4v) is 8.06. The first-order valence-electron chi connectivity index (χ1n) is 9.26. The van der Waals surface area contributed by atoms with E-state index in [1.165, 1.54) is 0 Å². The molecule has 0 heterocycles. The van der Waals surface area contributed by atoms with Gasteiger partial charge in [0.25, 0.3) is 0 Å². The van der Waals surface area contributed by atoms with Crippen LogP contribution >= 0.6 is 7.26 Å². The van der Waals surface area contributed by atoms with Crippen LogP contribution in [0.3, 0.4) is 0 Å². The number of hydrogen-bond acceptors (Lipinski definition) is 1. The van der Waals surface area contributed by atoms with Gasteiger partial charge in [-0.1, -0.05) is 54.6 Å². The third-order valence-corrected chi connectivity index (χ3v) is 9.41. The Morgan fingerprint density at radius 3 is 1.43 bits per heavy atom. The maximum absolute atomic E-state index is 12.8. The summed E-state index contributed by atoms with van der Waals surface area (Å²) in [6.45, 7) is 1.63. The van der Waals surface area contributed by atoms with E-state index in [0.717, 1.165) is 15.9 Å². The lowest BCUT2D eigenvalue weighted by atomic mass is 10.3. The van der Waals surface area contributed by atoms with Crippen molar-refractivity contribution >= 4 is 29.1 Å². The van der Waals surface area contributed by atoms with Crippen molar-refractivity contribution < 1.29 is 41.9 Å². The number of hydrogen-bond donors (Lipinski definition) is 1. The second kappa shape index (κ2) is 10.4. The minimum absolute atomic E-state index is 0. The topological polar surface area (TPSA) is 29.1 Å². The molecule has 7 heteroatoms. The maximum Gasteiger partial charge on any atom is 0.471 e. The summed E-state index contributed by atoms with van der Waals surface area (Å²) in [6.07, 6.45) is -4.52. The Labute approximate surface area is 192 Å². The molecule has 0 fully saturated rings. The Kier molecular flexibility index (Phi) is 8.44. The zero-order valence-corrected chi connectivity index (χ0v) is 19.4. The Morgan fingerprint density at radius 2 is 1.13 bits per heavy atom. The number of benzene rings is 3. The van der Waals surface area contributed by atoms with Crippen LogP contribution in [0.15, 0.2) is 91.0 Å². The summed E-state index contributed by atoms with van der Waals surface area (Å²) in [7, 11) is -2.30. The molecular formula is C23H22F3INOP. The first-order valence-corrected chi connectivity index (χ1v) is 11.2. The van der Waals surface area contributed by atoms with Crippen LogP contribution in [0.4, 0.5) is 13.2 Å². The molecule has 0 aromatic heterocycles. The monoisotopic (exact) mass is 543 g/mol. The summed E-state index contributed by atoms with van der Waals surface area (Å²) in [5, 5.41) is 5.33. The largest absolute Gasteiger partial charge is 1.00 e. The molecule has 0 radical (unpaired) electrons. The first kappa shape index (κ1) is 24.4. The third kappa shape index (κ3) is 5.41. The van der Waals surface area contributed by atoms with Gasteiger partial charge in [-0.2, -0.15) is 13.2 Å². The van der Waals surface area contributed by atoms with Crippen LogP contribution in [0.25, 0.3) is 0 Å². The Balaban J connectivity index is 0.00000320. The second-order valence-corrected chi connectivity index (χ2v) is 10.4. The van der Waals surface area contributed by atoms with Crippen LogP contribution in [-0.4, -0.2) is 24.3 Å². The summed E-state index contributed by atoms with van der Waals surface area (Å²) in [4.78, 5) is 11.5. The van der Waals surface area contributed by atoms with Crippen molar-refractivity contribution in [3.8, 4) is 0 Å². The molecular weight excluding hydrogens is 521 g/mol. The first-order chi connectivity index (χ1) is 13.8. The van der Waals surface area contributed by atoms with E-state index >= 15 is 0 Å². The fraction of sp³-hybridized carbons (Fsp3) is 0.174. The quantitative estimate of drug-likeness (QED) is 0.366. The highest BCUT2D eigenvalue weighted by Crippen LogP contribution is 2.55. The molecule has 3 rings (SSSR count). The van der Waals surface area contributed by atoms with Gasteiger partial charge in [-0.25, -0.2) is 0 Å². The molecule has 1 N–H and O–H groups in total. The van der Waals surface area contributed by atoms with Crippen molar-refractivity contribution in [1.29, 1.82) is 0 Å². The SMILES string of the molecule is C[C@H](C[P+](c1ccccc1)(c1ccccc1)c1ccccc1)NC(=O)C(F)(F)F.[I-]. The molecule has 158 valence electrons. The zero-order chi connectivity index (χ0) is 20.9. The lowest BCUT2D eigenvalue weighted by molar-refractivity contribution is -0.174. The van der Waals surface area contributed by atoms with Gasteiger partial charge >= 0.3 is 12.1 Å². The van der Waals surface area contributed by atoms with Crippen LogP contribution in [0.5, 0.6) is 0 Å². The smallest absolute Gasteiger partial charge is 0.471 e. The van der Waals surface area contributed by atoms with E-state index in [4.69, 9.17) is 0 Å². The average Bonchev–Trinajstić information content (AvgIpc) is 2.73. The predicted octanol–water partition coefficient (Wildman–Crippen LogP) is 1.05. The molecule has 1 atom stereocenters. The number of rotatable bonds is 6. The molecule has 1 amide bonds. The number of carbonyl (C=O) groups excluding carboxylic acids is 1. The summed E-state index contributed by atoms with van der Waals surface area (Å²) in [5.41, 5.74) is 0.